The topological polar surface area (TPSA) is 66.8 Å². The smallest absolute Gasteiger partial charge is 0.308 e. The Hall–Kier alpha value is -1.88. The zero-order valence-electron chi connectivity index (χ0n) is 13.2. The zero-order chi connectivity index (χ0) is 16.3. The molecule has 5 nitrogen and oxygen atoms in total. The number of aliphatic carboxylic acids is 1. The first-order chi connectivity index (χ1) is 11.1. The highest BCUT2D eigenvalue weighted by Crippen LogP contribution is 2.37. The number of carbonyl (C=O) groups excluding carboxylic acids is 1. The first kappa shape index (κ1) is 16.0. The molecule has 0 saturated carbocycles. The average Bonchev–Trinajstić information content (AvgIpc) is 2.62. The van der Waals surface area contributed by atoms with Gasteiger partial charge in [-0.05, 0) is 31.2 Å². The van der Waals surface area contributed by atoms with Crippen LogP contribution < -0.4 is 0 Å². The Morgan fingerprint density at radius 3 is 2.52 bits per heavy atom. The van der Waals surface area contributed by atoms with Crippen LogP contribution in [0.25, 0.3) is 0 Å². The van der Waals surface area contributed by atoms with Gasteiger partial charge in [0.2, 0.25) is 5.91 Å². The van der Waals surface area contributed by atoms with Gasteiger partial charge in [0, 0.05) is 26.3 Å². The van der Waals surface area contributed by atoms with Crippen molar-refractivity contribution in [2.45, 2.75) is 31.1 Å². The Morgan fingerprint density at radius 1 is 1.17 bits per heavy atom. The molecule has 1 aromatic rings. The summed E-state index contributed by atoms with van der Waals surface area (Å²) in [7, 11) is 0. The minimum absolute atomic E-state index is 0.0675. The van der Waals surface area contributed by atoms with Gasteiger partial charge in [-0.15, -0.1) is 0 Å². The maximum Gasteiger partial charge on any atom is 0.308 e. The van der Waals surface area contributed by atoms with Crippen LogP contribution >= 0.6 is 0 Å². The lowest BCUT2D eigenvalue weighted by Crippen LogP contribution is -2.53. The van der Waals surface area contributed by atoms with E-state index in [1.165, 1.54) is 0 Å². The normalized spacial score (nSPS) is 24.2. The molecule has 124 valence electrons. The van der Waals surface area contributed by atoms with Crippen molar-refractivity contribution >= 4 is 11.9 Å². The van der Waals surface area contributed by atoms with Crippen molar-refractivity contribution in [1.82, 2.24) is 4.90 Å². The first-order valence-electron chi connectivity index (χ1n) is 8.29. The van der Waals surface area contributed by atoms with E-state index >= 15 is 0 Å². The summed E-state index contributed by atoms with van der Waals surface area (Å²) in [6.07, 6.45) is 2.72. The van der Waals surface area contributed by atoms with E-state index in [0.29, 0.717) is 45.6 Å². The summed E-state index contributed by atoms with van der Waals surface area (Å²) in [6, 6.07) is 9.86. The van der Waals surface area contributed by atoms with Crippen LogP contribution in [0.3, 0.4) is 0 Å². The van der Waals surface area contributed by atoms with Crippen molar-refractivity contribution in [3.05, 3.63) is 35.9 Å². The maximum atomic E-state index is 13.3. The van der Waals surface area contributed by atoms with E-state index in [2.05, 4.69) is 0 Å². The molecule has 0 bridgehead atoms. The molecule has 0 unspecified atom stereocenters. The number of ether oxygens (including phenoxy) is 1. The molecular formula is C18H23NO4. The lowest BCUT2D eigenvalue weighted by molar-refractivity contribution is -0.149. The van der Waals surface area contributed by atoms with E-state index in [4.69, 9.17) is 4.74 Å². The number of carboxylic acid groups (broad SMARTS) is 1. The van der Waals surface area contributed by atoms with Crippen molar-refractivity contribution in [3.8, 4) is 0 Å². The second-order valence-electron chi connectivity index (χ2n) is 6.49. The number of piperidine rings is 1. The van der Waals surface area contributed by atoms with Crippen LogP contribution in [0.1, 0.15) is 31.2 Å². The lowest BCUT2D eigenvalue weighted by Gasteiger charge is -2.42. The van der Waals surface area contributed by atoms with Gasteiger partial charge in [-0.3, -0.25) is 9.59 Å². The third kappa shape index (κ3) is 3.11. The van der Waals surface area contributed by atoms with Gasteiger partial charge in [-0.1, -0.05) is 30.3 Å². The van der Waals surface area contributed by atoms with Crippen molar-refractivity contribution in [2.24, 2.45) is 5.92 Å². The molecule has 2 aliphatic heterocycles. The number of rotatable bonds is 3. The molecule has 2 fully saturated rings. The minimum atomic E-state index is -0.803. The molecular weight excluding hydrogens is 294 g/mol. The van der Waals surface area contributed by atoms with Crippen LogP contribution in [-0.2, 0) is 19.7 Å². The molecule has 0 aliphatic carbocycles. The van der Waals surface area contributed by atoms with E-state index in [1.807, 2.05) is 30.3 Å². The van der Waals surface area contributed by atoms with Crippen molar-refractivity contribution in [2.75, 3.05) is 26.3 Å². The number of nitrogens with zero attached hydrogens (tertiary/aromatic N) is 1. The summed E-state index contributed by atoms with van der Waals surface area (Å²) in [5, 5.41) is 9.27. The molecule has 2 aliphatic rings. The summed E-state index contributed by atoms with van der Waals surface area (Å²) in [6.45, 7) is 2.11. The van der Waals surface area contributed by atoms with Gasteiger partial charge < -0.3 is 14.7 Å². The number of carboxylic acids is 1. The van der Waals surface area contributed by atoms with Gasteiger partial charge in [-0.2, -0.15) is 0 Å². The molecule has 0 spiro atoms. The number of hydrogen-bond donors (Lipinski definition) is 1. The number of amides is 1. The zero-order valence-corrected chi connectivity index (χ0v) is 13.2. The second kappa shape index (κ2) is 6.71. The minimum Gasteiger partial charge on any atom is -0.481 e. The summed E-state index contributed by atoms with van der Waals surface area (Å²) in [5.41, 5.74) is 0.450. The molecule has 2 saturated heterocycles. The van der Waals surface area contributed by atoms with Gasteiger partial charge in [0.1, 0.15) is 0 Å². The Balaban J connectivity index is 1.88. The standard InChI is InChI=1S/C18H23NO4/c20-16(21)14-5-4-10-19(13-14)17(22)18(8-11-23-12-9-18)15-6-2-1-3-7-15/h1-3,6-7,14H,4-5,8-13H2,(H,20,21)/t14-/m0/s1. The summed E-state index contributed by atoms with van der Waals surface area (Å²) < 4.78 is 5.48. The monoisotopic (exact) mass is 317 g/mol. The first-order valence-corrected chi connectivity index (χ1v) is 8.29. The van der Waals surface area contributed by atoms with Crippen molar-refractivity contribution in [3.63, 3.8) is 0 Å². The highest BCUT2D eigenvalue weighted by molar-refractivity contribution is 5.89. The van der Waals surface area contributed by atoms with Gasteiger partial charge in [0.05, 0.1) is 11.3 Å². The number of carbonyl (C=O) groups is 2. The molecule has 3 rings (SSSR count). The van der Waals surface area contributed by atoms with Crippen molar-refractivity contribution in [1.29, 1.82) is 0 Å². The van der Waals surface area contributed by atoms with Gasteiger partial charge in [0.25, 0.3) is 0 Å². The van der Waals surface area contributed by atoms with Crippen molar-refractivity contribution < 1.29 is 19.4 Å². The molecule has 1 aromatic carbocycles. The number of benzene rings is 1. The molecule has 1 N–H and O–H groups in total. The van der Waals surface area contributed by atoms with Gasteiger partial charge in [-0.25, -0.2) is 0 Å². The third-order valence-electron chi connectivity index (χ3n) is 5.14. The Labute approximate surface area is 136 Å². The summed E-state index contributed by atoms with van der Waals surface area (Å²) in [5.74, 6) is -1.18. The predicted octanol–water partition coefficient (Wildman–Crippen LogP) is 2.06. The fourth-order valence-corrected chi connectivity index (χ4v) is 3.77. The average molecular weight is 317 g/mol. The van der Waals surface area contributed by atoms with Crippen LogP contribution in [0.15, 0.2) is 30.3 Å². The van der Waals surface area contributed by atoms with E-state index < -0.39 is 17.3 Å². The van der Waals surface area contributed by atoms with Crippen LogP contribution in [0.5, 0.6) is 0 Å². The number of likely N-dealkylation sites (tertiary alicyclic amines) is 1. The van der Waals surface area contributed by atoms with Crippen LogP contribution in [0.4, 0.5) is 0 Å². The largest absolute Gasteiger partial charge is 0.481 e. The van der Waals surface area contributed by atoms with Crippen LogP contribution in [-0.4, -0.2) is 48.2 Å². The quantitative estimate of drug-likeness (QED) is 0.926. The second-order valence-corrected chi connectivity index (χ2v) is 6.49. The fourth-order valence-electron chi connectivity index (χ4n) is 3.77. The molecule has 5 heteroatoms. The summed E-state index contributed by atoms with van der Waals surface area (Å²) in [4.78, 5) is 26.4. The Morgan fingerprint density at radius 2 is 1.87 bits per heavy atom. The van der Waals surface area contributed by atoms with E-state index in [-0.39, 0.29) is 5.91 Å². The SMILES string of the molecule is O=C(O)[C@H]1CCCN(C(=O)C2(c3ccccc3)CCOCC2)C1. The van der Waals surface area contributed by atoms with E-state index in [9.17, 15) is 14.7 Å². The Kier molecular flexibility index (Phi) is 4.66. The highest BCUT2D eigenvalue weighted by Gasteiger charge is 2.45. The molecule has 0 radical (unpaired) electrons. The lowest BCUT2D eigenvalue weighted by atomic mass is 9.72. The maximum absolute atomic E-state index is 13.3. The van der Waals surface area contributed by atoms with Gasteiger partial charge >= 0.3 is 5.97 Å². The van der Waals surface area contributed by atoms with E-state index in [0.717, 1.165) is 12.0 Å². The van der Waals surface area contributed by atoms with E-state index in [1.54, 1.807) is 4.90 Å². The predicted molar refractivity (Wildman–Crippen MR) is 85.1 cm³/mol. The number of hydrogen-bond acceptors (Lipinski definition) is 3. The molecule has 1 atom stereocenters. The molecule has 23 heavy (non-hydrogen) atoms. The summed E-state index contributed by atoms with van der Waals surface area (Å²) >= 11 is 0. The third-order valence-corrected chi connectivity index (χ3v) is 5.14. The van der Waals surface area contributed by atoms with Crippen LogP contribution in [0, 0.1) is 5.92 Å². The van der Waals surface area contributed by atoms with Crippen LogP contribution in [0.2, 0.25) is 0 Å². The molecule has 2 heterocycles. The molecule has 0 aromatic heterocycles. The fraction of sp³-hybridized carbons (Fsp3) is 0.556. The molecule has 1 amide bonds. The highest BCUT2D eigenvalue weighted by atomic mass is 16.5. The Bertz CT molecular complexity index is 566. The van der Waals surface area contributed by atoms with Gasteiger partial charge in [0.15, 0.2) is 0 Å².